The minimum atomic E-state index is -0.318. The number of aryl methyl sites for hydroxylation is 1. The molecule has 0 bridgehead atoms. The van der Waals surface area contributed by atoms with Crippen LogP contribution >= 0.6 is 0 Å². The third kappa shape index (κ3) is 3.31. The van der Waals surface area contributed by atoms with Gasteiger partial charge in [-0.25, -0.2) is 0 Å². The van der Waals surface area contributed by atoms with Crippen molar-refractivity contribution in [2.75, 3.05) is 6.61 Å². The standard InChI is InChI=1S/C19H22N4O2/c1-11(2)7-8-24-14-6-4-5-13(9-14)17-15(10-20)18(21)25-19-16(17)12(3)22-23-19/h4-6,9,11,17H,7-8,21H2,1-3H3,(H,22,23). The number of hydrogen-bond acceptors (Lipinski definition) is 5. The lowest BCUT2D eigenvalue weighted by molar-refractivity contribution is 0.289. The molecule has 3 N–H and O–H groups in total. The first-order valence-electron chi connectivity index (χ1n) is 8.36. The van der Waals surface area contributed by atoms with E-state index in [0.29, 0.717) is 24.0 Å². The minimum absolute atomic E-state index is 0.0950. The van der Waals surface area contributed by atoms with Crippen LogP contribution in [-0.2, 0) is 0 Å². The maximum atomic E-state index is 9.59. The van der Waals surface area contributed by atoms with Gasteiger partial charge in [-0.05, 0) is 37.0 Å². The number of nitrogens with two attached hydrogens (primary N) is 1. The largest absolute Gasteiger partial charge is 0.494 e. The van der Waals surface area contributed by atoms with Gasteiger partial charge in [-0.2, -0.15) is 5.26 Å². The van der Waals surface area contributed by atoms with Gasteiger partial charge in [-0.15, -0.1) is 5.10 Å². The first-order valence-corrected chi connectivity index (χ1v) is 8.36. The van der Waals surface area contributed by atoms with Crippen LogP contribution in [-0.4, -0.2) is 16.8 Å². The van der Waals surface area contributed by atoms with Crippen LogP contribution in [0.3, 0.4) is 0 Å². The van der Waals surface area contributed by atoms with Gasteiger partial charge in [0.05, 0.1) is 12.5 Å². The zero-order valence-electron chi connectivity index (χ0n) is 14.7. The van der Waals surface area contributed by atoms with E-state index in [-0.39, 0.29) is 11.8 Å². The highest BCUT2D eigenvalue weighted by molar-refractivity contribution is 5.55. The Morgan fingerprint density at radius 1 is 1.44 bits per heavy atom. The topological polar surface area (TPSA) is 97.0 Å². The number of hydrogen-bond donors (Lipinski definition) is 2. The average Bonchev–Trinajstić information content (AvgIpc) is 2.94. The normalized spacial score (nSPS) is 16.4. The second kappa shape index (κ2) is 6.89. The van der Waals surface area contributed by atoms with Gasteiger partial charge in [-0.3, -0.25) is 5.10 Å². The van der Waals surface area contributed by atoms with Crippen LogP contribution in [0, 0.1) is 24.2 Å². The van der Waals surface area contributed by atoms with Gasteiger partial charge in [0.1, 0.15) is 17.4 Å². The van der Waals surface area contributed by atoms with E-state index in [0.717, 1.165) is 29.0 Å². The molecule has 0 aliphatic carbocycles. The Morgan fingerprint density at radius 3 is 2.96 bits per heavy atom. The monoisotopic (exact) mass is 338 g/mol. The Labute approximate surface area is 147 Å². The van der Waals surface area contributed by atoms with E-state index in [1.165, 1.54) is 0 Å². The Kier molecular flexibility index (Phi) is 4.66. The van der Waals surface area contributed by atoms with Crippen molar-refractivity contribution in [3.63, 3.8) is 0 Å². The number of aromatic nitrogens is 2. The van der Waals surface area contributed by atoms with E-state index in [9.17, 15) is 5.26 Å². The fraction of sp³-hybridized carbons (Fsp3) is 0.368. The molecule has 1 aliphatic heterocycles. The molecule has 0 radical (unpaired) electrons. The zero-order chi connectivity index (χ0) is 18.0. The number of ether oxygens (including phenoxy) is 2. The number of nitrogens with zero attached hydrogens (tertiary/aromatic N) is 2. The van der Waals surface area contributed by atoms with Crippen molar-refractivity contribution in [1.29, 1.82) is 5.26 Å². The summed E-state index contributed by atoms with van der Waals surface area (Å²) in [5, 5.41) is 16.6. The molecule has 6 heteroatoms. The number of H-pyrrole nitrogens is 1. The highest BCUT2D eigenvalue weighted by Gasteiger charge is 2.34. The van der Waals surface area contributed by atoms with Crippen LogP contribution in [0.2, 0.25) is 0 Å². The summed E-state index contributed by atoms with van der Waals surface area (Å²) < 4.78 is 11.3. The number of benzene rings is 1. The van der Waals surface area contributed by atoms with Crippen molar-refractivity contribution in [3.8, 4) is 17.7 Å². The molecular formula is C19H22N4O2. The summed E-state index contributed by atoms with van der Waals surface area (Å²) in [4.78, 5) is 0. The number of nitriles is 1. The molecule has 0 saturated carbocycles. The summed E-state index contributed by atoms with van der Waals surface area (Å²) in [6.07, 6.45) is 0.989. The highest BCUT2D eigenvalue weighted by atomic mass is 16.5. The number of rotatable bonds is 5. The summed E-state index contributed by atoms with van der Waals surface area (Å²) in [6, 6.07) is 9.95. The van der Waals surface area contributed by atoms with Crippen LogP contribution < -0.4 is 15.2 Å². The lowest BCUT2D eigenvalue weighted by Gasteiger charge is -2.24. The van der Waals surface area contributed by atoms with Gasteiger partial charge in [0, 0.05) is 11.3 Å². The predicted octanol–water partition coefficient (Wildman–Crippen LogP) is 3.36. The average molecular weight is 338 g/mol. The first kappa shape index (κ1) is 16.9. The predicted molar refractivity (Wildman–Crippen MR) is 94.0 cm³/mol. The fourth-order valence-corrected chi connectivity index (χ4v) is 2.93. The maximum absolute atomic E-state index is 9.59. The quantitative estimate of drug-likeness (QED) is 0.871. The number of nitrogens with one attached hydrogen (secondary N) is 1. The van der Waals surface area contributed by atoms with Crippen LogP contribution in [0.15, 0.2) is 35.7 Å². The Morgan fingerprint density at radius 2 is 2.24 bits per heavy atom. The zero-order valence-corrected chi connectivity index (χ0v) is 14.7. The number of fused-ring (bicyclic) bond motifs is 1. The molecule has 1 aromatic carbocycles. The summed E-state index contributed by atoms with van der Waals surface area (Å²) in [5.74, 6) is 1.56. The summed E-state index contributed by atoms with van der Waals surface area (Å²) in [5.41, 5.74) is 8.95. The Hall–Kier alpha value is -2.94. The van der Waals surface area contributed by atoms with Crippen LogP contribution in [0.25, 0.3) is 0 Å². The van der Waals surface area contributed by atoms with Gasteiger partial charge in [0.15, 0.2) is 0 Å². The SMILES string of the molecule is Cc1[nH]nc2c1C(c1cccc(OCCC(C)C)c1)C(C#N)=C(N)O2. The summed E-state index contributed by atoms with van der Waals surface area (Å²) >= 11 is 0. The van der Waals surface area contributed by atoms with E-state index >= 15 is 0 Å². The molecule has 130 valence electrons. The van der Waals surface area contributed by atoms with Gasteiger partial charge in [0.2, 0.25) is 11.8 Å². The van der Waals surface area contributed by atoms with Gasteiger partial charge in [0.25, 0.3) is 0 Å². The van der Waals surface area contributed by atoms with Crippen molar-refractivity contribution >= 4 is 0 Å². The molecule has 1 aliphatic rings. The van der Waals surface area contributed by atoms with Crippen molar-refractivity contribution in [2.45, 2.75) is 33.1 Å². The molecule has 2 aromatic rings. The first-order chi connectivity index (χ1) is 12.0. The van der Waals surface area contributed by atoms with Crippen molar-refractivity contribution in [2.24, 2.45) is 11.7 Å². The van der Waals surface area contributed by atoms with Crippen LogP contribution in [0.1, 0.15) is 43.0 Å². The van der Waals surface area contributed by atoms with E-state index in [1.54, 1.807) is 0 Å². The lowest BCUT2D eigenvalue weighted by Crippen LogP contribution is -2.21. The van der Waals surface area contributed by atoms with Crippen LogP contribution in [0.4, 0.5) is 0 Å². The van der Waals surface area contributed by atoms with Crippen molar-refractivity contribution in [1.82, 2.24) is 10.2 Å². The third-order valence-corrected chi connectivity index (χ3v) is 4.28. The second-order valence-corrected chi connectivity index (χ2v) is 6.60. The number of aromatic amines is 1. The molecule has 3 rings (SSSR count). The van der Waals surface area contributed by atoms with Crippen molar-refractivity contribution in [3.05, 3.63) is 52.5 Å². The molecule has 1 atom stereocenters. The third-order valence-electron chi connectivity index (χ3n) is 4.28. The van der Waals surface area contributed by atoms with Gasteiger partial charge >= 0.3 is 0 Å². The van der Waals surface area contributed by atoms with Gasteiger partial charge < -0.3 is 15.2 Å². The van der Waals surface area contributed by atoms with Crippen molar-refractivity contribution < 1.29 is 9.47 Å². The molecule has 2 heterocycles. The van der Waals surface area contributed by atoms with E-state index in [2.05, 4.69) is 30.1 Å². The molecule has 6 nitrogen and oxygen atoms in total. The Bertz CT molecular complexity index is 845. The molecule has 1 aromatic heterocycles. The van der Waals surface area contributed by atoms with E-state index in [4.69, 9.17) is 15.2 Å². The smallest absolute Gasteiger partial charge is 0.244 e. The molecule has 0 saturated heterocycles. The fourth-order valence-electron chi connectivity index (χ4n) is 2.93. The lowest BCUT2D eigenvalue weighted by atomic mass is 9.84. The maximum Gasteiger partial charge on any atom is 0.244 e. The molecule has 0 fully saturated rings. The Balaban J connectivity index is 1.97. The molecular weight excluding hydrogens is 316 g/mol. The second-order valence-electron chi connectivity index (χ2n) is 6.60. The minimum Gasteiger partial charge on any atom is -0.494 e. The molecule has 0 amide bonds. The highest BCUT2D eigenvalue weighted by Crippen LogP contribution is 2.43. The summed E-state index contributed by atoms with van der Waals surface area (Å²) in [7, 11) is 0. The molecule has 0 spiro atoms. The van der Waals surface area contributed by atoms with Crippen LogP contribution in [0.5, 0.6) is 11.6 Å². The van der Waals surface area contributed by atoms with E-state index in [1.807, 2.05) is 31.2 Å². The van der Waals surface area contributed by atoms with E-state index < -0.39 is 0 Å². The summed E-state index contributed by atoms with van der Waals surface area (Å²) in [6.45, 7) is 6.89. The van der Waals surface area contributed by atoms with Gasteiger partial charge in [-0.1, -0.05) is 26.0 Å². The molecule has 1 unspecified atom stereocenters. The molecule has 25 heavy (non-hydrogen) atoms. The number of allylic oxidation sites excluding steroid dienone is 1.